The highest BCUT2D eigenvalue weighted by Gasteiger charge is 2.48. The molecule has 2 atom stereocenters. The largest absolute Gasteiger partial charge is 0.357 e. The molecule has 0 aromatic carbocycles. The first-order chi connectivity index (χ1) is 13.0. The molecule has 0 aromatic heterocycles. The third-order valence-electron chi connectivity index (χ3n) is 6.33. The van der Waals surface area contributed by atoms with Crippen molar-refractivity contribution in [1.82, 2.24) is 25.8 Å². The Morgan fingerprint density at radius 1 is 1.21 bits per heavy atom. The van der Waals surface area contributed by atoms with E-state index in [1.807, 2.05) is 6.92 Å². The topological polar surface area (TPSA) is 89.1 Å². The van der Waals surface area contributed by atoms with Gasteiger partial charge in [-0.2, -0.15) is 0 Å². The Balaban J connectivity index is 0.00000280. The molecule has 0 aromatic rings. The third kappa shape index (κ3) is 5.08. The van der Waals surface area contributed by atoms with Gasteiger partial charge in [-0.05, 0) is 58.0 Å². The van der Waals surface area contributed by atoms with E-state index in [9.17, 15) is 9.59 Å². The summed E-state index contributed by atoms with van der Waals surface area (Å²) in [5, 5.41) is 8.62. The van der Waals surface area contributed by atoms with Crippen LogP contribution in [0.25, 0.3) is 0 Å². The molecule has 3 heterocycles. The molecule has 0 spiro atoms. The molecule has 3 saturated heterocycles. The Kier molecular flexibility index (Phi) is 8.35. The maximum Gasteiger partial charge on any atom is 0.322 e. The van der Waals surface area contributed by atoms with Crippen molar-refractivity contribution >= 4 is 41.9 Å². The molecule has 9 heteroatoms. The molecular formula is C19H35IN6O2. The number of halogens is 1. The van der Waals surface area contributed by atoms with Crippen LogP contribution in [-0.2, 0) is 4.79 Å². The Morgan fingerprint density at radius 3 is 2.46 bits per heavy atom. The Labute approximate surface area is 185 Å². The molecule has 3 aliphatic heterocycles. The van der Waals surface area contributed by atoms with Crippen LogP contribution >= 0.6 is 24.0 Å². The number of aliphatic imine (C=N–C) groups is 1. The number of hydrogen-bond acceptors (Lipinski definition) is 4. The predicted molar refractivity (Wildman–Crippen MR) is 121 cm³/mol. The van der Waals surface area contributed by atoms with Crippen LogP contribution in [0.4, 0.5) is 4.79 Å². The number of imide groups is 1. The van der Waals surface area contributed by atoms with Crippen molar-refractivity contribution in [2.24, 2.45) is 16.8 Å². The van der Waals surface area contributed by atoms with E-state index in [0.29, 0.717) is 5.92 Å². The molecular weight excluding hydrogens is 471 g/mol. The van der Waals surface area contributed by atoms with Gasteiger partial charge < -0.3 is 20.4 Å². The summed E-state index contributed by atoms with van der Waals surface area (Å²) in [5.41, 5.74) is -0.786. The quantitative estimate of drug-likeness (QED) is 0.226. The maximum atomic E-state index is 12.2. The number of rotatable bonds is 5. The molecule has 160 valence electrons. The van der Waals surface area contributed by atoms with Crippen LogP contribution in [0.3, 0.4) is 0 Å². The van der Waals surface area contributed by atoms with E-state index in [0.717, 1.165) is 58.1 Å². The number of nitrogens with one attached hydrogen (secondary N) is 3. The molecule has 3 rings (SSSR count). The van der Waals surface area contributed by atoms with Gasteiger partial charge in [-0.3, -0.25) is 15.1 Å². The predicted octanol–water partition coefficient (Wildman–Crippen LogP) is 1.22. The fourth-order valence-electron chi connectivity index (χ4n) is 4.50. The fourth-order valence-corrected chi connectivity index (χ4v) is 4.50. The van der Waals surface area contributed by atoms with E-state index in [1.165, 1.54) is 13.0 Å². The molecule has 0 aliphatic carbocycles. The first kappa shape index (κ1) is 23.2. The lowest BCUT2D eigenvalue weighted by molar-refractivity contribution is -0.125. The maximum absolute atomic E-state index is 12.2. The standard InChI is InChI=1S/C19H34N6O2.HI/c1-4-20-17(21-12-14-6-9-24(5-2)13-14)25-10-7-15(8-11-25)19(3)16(26)22-18(27)23-19;/h14-15H,4-13H2,1-3H3,(H,20,21)(H2,22,23,26,27);1H. The van der Waals surface area contributed by atoms with Gasteiger partial charge in [-0.15, -0.1) is 24.0 Å². The van der Waals surface area contributed by atoms with Crippen LogP contribution in [0.2, 0.25) is 0 Å². The minimum atomic E-state index is -0.786. The summed E-state index contributed by atoms with van der Waals surface area (Å²) in [6, 6.07) is -0.377. The lowest BCUT2D eigenvalue weighted by Gasteiger charge is -2.39. The van der Waals surface area contributed by atoms with Crippen LogP contribution in [0.5, 0.6) is 0 Å². The zero-order chi connectivity index (χ0) is 19.4. The summed E-state index contributed by atoms with van der Waals surface area (Å²) in [7, 11) is 0. The second kappa shape index (κ2) is 10.1. The van der Waals surface area contributed by atoms with Crippen LogP contribution < -0.4 is 16.0 Å². The summed E-state index contributed by atoms with van der Waals surface area (Å²) in [5.74, 6) is 1.58. The molecule has 2 unspecified atom stereocenters. The summed E-state index contributed by atoms with van der Waals surface area (Å²) in [6.07, 6.45) is 2.95. The van der Waals surface area contributed by atoms with Gasteiger partial charge >= 0.3 is 6.03 Å². The Morgan fingerprint density at radius 2 is 1.93 bits per heavy atom. The monoisotopic (exact) mass is 506 g/mol. The highest BCUT2D eigenvalue weighted by Crippen LogP contribution is 2.30. The number of nitrogens with zero attached hydrogens (tertiary/aromatic N) is 3. The molecule has 3 N–H and O–H groups in total. The first-order valence-electron chi connectivity index (χ1n) is 10.4. The number of amides is 3. The lowest BCUT2D eigenvalue weighted by atomic mass is 9.79. The van der Waals surface area contributed by atoms with E-state index in [-0.39, 0.29) is 41.8 Å². The van der Waals surface area contributed by atoms with Crippen LogP contribution in [0.1, 0.15) is 40.0 Å². The zero-order valence-corrected chi connectivity index (χ0v) is 19.6. The van der Waals surface area contributed by atoms with E-state index >= 15 is 0 Å². The van der Waals surface area contributed by atoms with Crippen molar-refractivity contribution < 1.29 is 9.59 Å². The van der Waals surface area contributed by atoms with Crippen molar-refractivity contribution in [1.29, 1.82) is 0 Å². The van der Waals surface area contributed by atoms with Gasteiger partial charge in [0.1, 0.15) is 5.54 Å². The van der Waals surface area contributed by atoms with E-state index < -0.39 is 5.54 Å². The molecule has 0 radical (unpaired) electrons. The van der Waals surface area contributed by atoms with Gasteiger partial charge in [-0.25, -0.2) is 4.79 Å². The van der Waals surface area contributed by atoms with E-state index in [4.69, 9.17) is 4.99 Å². The number of guanidine groups is 1. The second-order valence-corrected chi connectivity index (χ2v) is 8.11. The number of piperidine rings is 1. The summed E-state index contributed by atoms with van der Waals surface area (Å²) < 4.78 is 0. The number of carbonyl (C=O) groups is 2. The van der Waals surface area contributed by atoms with Gasteiger partial charge in [-0.1, -0.05) is 6.92 Å². The molecule has 3 aliphatic rings. The van der Waals surface area contributed by atoms with Gasteiger partial charge in [0.25, 0.3) is 5.91 Å². The van der Waals surface area contributed by atoms with Gasteiger partial charge in [0, 0.05) is 32.7 Å². The molecule has 0 saturated carbocycles. The summed E-state index contributed by atoms with van der Waals surface area (Å²) in [4.78, 5) is 33.4. The van der Waals surface area contributed by atoms with Crippen molar-refractivity contribution in [2.75, 3.05) is 45.8 Å². The van der Waals surface area contributed by atoms with Crippen LogP contribution in [0.15, 0.2) is 4.99 Å². The normalized spacial score (nSPS) is 29.5. The smallest absolute Gasteiger partial charge is 0.322 e. The van der Waals surface area contributed by atoms with Gasteiger partial charge in [0.15, 0.2) is 5.96 Å². The molecule has 3 amide bonds. The minimum Gasteiger partial charge on any atom is -0.357 e. The highest BCUT2D eigenvalue weighted by molar-refractivity contribution is 14.0. The number of hydrogen-bond donors (Lipinski definition) is 3. The van der Waals surface area contributed by atoms with Crippen LogP contribution in [-0.4, -0.2) is 79.0 Å². The number of likely N-dealkylation sites (tertiary alicyclic amines) is 2. The summed E-state index contributed by atoms with van der Waals surface area (Å²) in [6.45, 7) is 13.0. The van der Waals surface area contributed by atoms with Crippen molar-refractivity contribution in [3.8, 4) is 0 Å². The molecule has 8 nitrogen and oxygen atoms in total. The number of urea groups is 1. The third-order valence-corrected chi connectivity index (χ3v) is 6.33. The fraction of sp³-hybridized carbons (Fsp3) is 0.842. The highest BCUT2D eigenvalue weighted by atomic mass is 127. The molecule has 3 fully saturated rings. The minimum absolute atomic E-state index is 0. The van der Waals surface area contributed by atoms with Gasteiger partial charge in [0.05, 0.1) is 0 Å². The van der Waals surface area contributed by atoms with Crippen molar-refractivity contribution in [3.05, 3.63) is 0 Å². The average Bonchev–Trinajstić information content (AvgIpc) is 3.23. The van der Waals surface area contributed by atoms with Crippen LogP contribution in [0, 0.1) is 11.8 Å². The molecule has 0 bridgehead atoms. The van der Waals surface area contributed by atoms with E-state index in [2.05, 4.69) is 39.6 Å². The molecule has 28 heavy (non-hydrogen) atoms. The summed E-state index contributed by atoms with van der Waals surface area (Å²) >= 11 is 0. The zero-order valence-electron chi connectivity index (χ0n) is 17.3. The average molecular weight is 506 g/mol. The van der Waals surface area contributed by atoms with Gasteiger partial charge in [0.2, 0.25) is 0 Å². The SMILES string of the molecule is CCNC(=NCC1CCN(CC)C1)N1CCC(C2(C)NC(=O)NC2=O)CC1.I. The second-order valence-electron chi connectivity index (χ2n) is 8.11. The van der Waals surface area contributed by atoms with E-state index in [1.54, 1.807) is 0 Å². The van der Waals surface area contributed by atoms with Crippen molar-refractivity contribution in [3.63, 3.8) is 0 Å². The Bertz CT molecular complexity index is 593. The lowest BCUT2D eigenvalue weighted by Crippen LogP contribution is -2.55. The van der Waals surface area contributed by atoms with Crippen molar-refractivity contribution in [2.45, 2.75) is 45.6 Å². The Hall–Kier alpha value is -1.10. The number of carbonyl (C=O) groups excluding carboxylic acids is 2. The first-order valence-corrected chi connectivity index (χ1v) is 10.4.